The highest BCUT2D eigenvalue weighted by molar-refractivity contribution is 5.85. The van der Waals surface area contributed by atoms with Gasteiger partial charge in [-0.25, -0.2) is 9.78 Å². The third kappa shape index (κ3) is 2.33. The lowest BCUT2D eigenvalue weighted by Gasteiger charge is -2.03. The molecule has 0 spiro atoms. The maximum absolute atomic E-state index is 11.4. The van der Waals surface area contributed by atoms with Crippen molar-refractivity contribution in [3.8, 4) is 11.5 Å². The summed E-state index contributed by atoms with van der Waals surface area (Å²) in [4.78, 5) is 28.7. The molecule has 102 valence electrons. The number of hydrogen-bond acceptors (Lipinski definition) is 5. The summed E-state index contributed by atoms with van der Waals surface area (Å²) in [5.74, 6) is 0.338. The molecular weight excluding hydrogens is 264 g/mol. The van der Waals surface area contributed by atoms with Gasteiger partial charge in [0.25, 0.3) is 5.56 Å². The zero-order valence-corrected chi connectivity index (χ0v) is 10.3. The monoisotopic (exact) mass is 274 g/mol. The second-order valence-corrected chi connectivity index (χ2v) is 4.25. The maximum atomic E-state index is 11.4. The Hall–Kier alpha value is -2.83. The SMILES string of the molecule is O=C(O)c1cc(=O)[nH]c(Cc2ccc3c(c2)OCO3)n1. The highest BCUT2D eigenvalue weighted by Crippen LogP contribution is 2.32. The smallest absolute Gasteiger partial charge is 0.354 e. The normalized spacial score (nSPS) is 12.4. The number of carboxylic acid groups (broad SMARTS) is 1. The van der Waals surface area contributed by atoms with Crippen molar-refractivity contribution in [3.05, 3.63) is 51.7 Å². The molecule has 0 unspecified atom stereocenters. The van der Waals surface area contributed by atoms with E-state index in [0.29, 0.717) is 17.9 Å². The van der Waals surface area contributed by atoms with Crippen molar-refractivity contribution in [1.82, 2.24) is 9.97 Å². The molecule has 2 aromatic rings. The molecule has 1 aromatic carbocycles. The Bertz CT molecular complexity index is 738. The van der Waals surface area contributed by atoms with Crippen LogP contribution in [0.25, 0.3) is 0 Å². The highest BCUT2D eigenvalue weighted by Gasteiger charge is 2.14. The predicted molar refractivity (Wildman–Crippen MR) is 67.2 cm³/mol. The fourth-order valence-electron chi connectivity index (χ4n) is 1.95. The first-order chi connectivity index (χ1) is 9.61. The Balaban J connectivity index is 1.91. The topological polar surface area (TPSA) is 102 Å². The van der Waals surface area contributed by atoms with Gasteiger partial charge in [0, 0.05) is 12.5 Å². The van der Waals surface area contributed by atoms with E-state index in [1.54, 1.807) is 18.2 Å². The Morgan fingerprint density at radius 3 is 2.90 bits per heavy atom. The van der Waals surface area contributed by atoms with Gasteiger partial charge in [0.2, 0.25) is 6.79 Å². The van der Waals surface area contributed by atoms with Crippen LogP contribution in [-0.2, 0) is 6.42 Å². The minimum Gasteiger partial charge on any atom is -0.477 e. The van der Waals surface area contributed by atoms with Gasteiger partial charge in [-0.2, -0.15) is 0 Å². The number of H-pyrrole nitrogens is 1. The molecule has 7 heteroatoms. The fourth-order valence-corrected chi connectivity index (χ4v) is 1.95. The van der Waals surface area contributed by atoms with Crippen LogP contribution in [0.1, 0.15) is 21.9 Å². The van der Waals surface area contributed by atoms with Crippen molar-refractivity contribution in [2.24, 2.45) is 0 Å². The van der Waals surface area contributed by atoms with Crippen molar-refractivity contribution in [2.45, 2.75) is 6.42 Å². The molecule has 0 fully saturated rings. The van der Waals surface area contributed by atoms with Crippen LogP contribution in [-0.4, -0.2) is 27.8 Å². The first-order valence-electron chi connectivity index (χ1n) is 5.84. The van der Waals surface area contributed by atoms with Crippen LogP contribution in [0.15, 0.2) is 29.1 Å². The van der Waals surface area contributed by atoms with Crippen LogP contribution in [0.4, 0.5) is 0 Å². The quantitative estimate of drug-likeness (QED) is 0.857. The van der Waals surface area contributed by atoms with Crippen LogP contribution in [0, 0.1) is 0 Å². The number of aromatic nitrogens is 2. The van der Waals surface area contributed by atoms with Gasteiger partial charge >= 0.3 is 5.97 Å². The molecule has 1 aliphatic heterocycles. The molecule has 0 bridgehead atoms. The molecule has 2 heterocycles. The van der Waals surface area contributed by atoms with Gasteiger partial charge < -0.3 is 19.6 Å². The minimum atomic E-state index is -1.23. The van der Waals surface area contributed by atoms with Crippen LogP contribution in [0.3, 0.4) is 0 Å². The fraction of sp³-hybridized carbons (Fsp3) is 0.154. The van der Waals surface area contributed by atoms with E-state index in [1.807, 2.05) is 0 Å². The number of aromatic carboxylic acids is 1. The molecule has 1 aliphatic rings. The van der Waals surface area contributed by atoms with Crippen molar-refractivity contribution < 1.29 is 19.4 Å². The number of rotatable bonds is 3. The zero-order valence-electron chi connectivity index (χ0n) is 10.3. The lowest BCUT2D eigenvalue weighted by Crippen LogP contribution is -2.15. The van der Waals surface area contributed by atoms with Gasteiger partial charge in [0.15, 0.2) is 17.2 Å². The van der Waals surface area contributed by atoms with E-state index in [2.05, 4.69) is 9.97 Å². The van der Waals surface area contributed by atoms with Crippen LogP contribution in [0.2, 0.25) is 0 Å². The molecule has 20 heavy (non-hydrogen) atoms. The molecule has 7 nitrogen and oxygen atoms in total. The summed E-state index contributed by atoms with van der Waals surface area (Å²) in [6.45, 7) is 0.183. The number of nitrogens with one attached hydrogen (secondary N) is 1. The lowest BCUT2D eigenvalue weighted by molar-refractivity contribution is 0.0689. The van der Waals surface area contributed by atoms with E-state index in [9.17, 15) is 9.59 Å². The summed E-state index contributed by atoms with van der Waals surface area (Å²) in [6.07, 6.45) is 0.299. The molecular formula is C13H10N2O5. The largest absolute Gasteiger partial charge is 0.477 e. The van der Waals surface area contributed by atoms with Crippen LogP contribution < -0.4 is 15.0 Å². The molecule has 2 N–H and O–H groups in total. The van der Waals surface area contributed by atoms with Gasteiger partial charge in [-0.1, -0.05) is 6.07 Å². The van der Waals surface area contributed by atoms with E-state index >= 15 is 0 Å². The predicted octanol–water partition coefficient (Wildman–Crippen LogP) is 0.788. The van der Waals surface area contributed by atoms with E-state index in [0.717, 1.165) is 11.6 Å². The summed E-state index contributed by atoms with van der Waals surface area (Å²) in [7, 11) is 0. The maximum Gasteiger partial charge on any atom is 0.354 e. The third-order valence-electron chi connectivity index (χ3n) is 2.82. The summed E-state index contributed by atoms with van der Waals surface area (Å²) in [6, 6.07) is 6.29. The van der Waals surface area contributed by atoms with E-state index in [-0.39, 0.29) is 18.3 Å². The second kappa shape index (κ2) is 4.69. The van der Waals surface area contributed by atoms with Gasteiger partial charge in [-0.05, 0) is 17.7 Å². The van der Waals surface area contributed by atoms with Crippen molar-refractivity contribution in [3.63, 3.8) is 0 Å². The van der Waals surface area contributed by atoms with E-state index < -0.39 is 11.5 Å². The molecule has 0 radical (unpaired) electrons. The molecule has 0 saturated carbocycles. The van der Waals surface area contributed by atoms with Crippen molar-refractivity contribution in [2.75, 3.05) is 6.79 Å². The first kappa shape index (κ1) is 12.2. The molecule has 0 amide bonds. The number of nitrogens with zero attached hydrogens (tertiary/aromatic N) is 1. The van der Waals surface area contributed by atoms with Gasteiger partial charge in [0.1, 0.15) is 5.82 Å². The van der Waals surface area contributed by atoms with Crippen molar-refractivity contribution in [1.29, 1.82) is 0 Å². The minimum absolute atomic E-state index is 0.183. The summed E-state index contributed by atoms with van der Waals surface area (Å²) >= 11 is 0. The Morgan fingerprint density at radius 2 is 2.10 bits per heavy atom. The number of carbonyl (C=O) groups is 1. The Kier molecular flexibility index (Phi) is 2.86. The standard InChI is InChI=1S/C13H10N2O5/c16-12-5-8(13(17)18)14-11(15-12)4-7-1-2-9-10(3-7)20-6-19-9/h1-3,5H,4,6H2,(H,17,18)(H,14,15,16). The summed E-state index contributed by atoms with van der Waals surface area (Å²) in [5, 5.41) is 8.87. The molecule has 0 aliphatic carbocycles. The Morgan fingerprint density at radius 1 is 1.30 bits per heavy atom. The number of aromatic amines is 1. The first-order valence-corrected chi connectivity index (χ1v) is 5.84. The van der Waals surface area contributed by atoms with Crippen molar-refractivity contribution >= 4 is 5.97 Å². The molecule has 1 aromatic heterocycles. The number of hydrogen-bond donors (Lipinski definition) is 2. The average molecular weight is 274 g/mol. The number of fused-ring (bicyclic) bond motifs is 1. The number of ether oxygens (including phenoxy) is 2. The summed E-state index contributed by atoms with van der Waals surface area (Å²) in [5.41, 5.74) is 0.0672. The Labute approximate surface area is 112 Å². The molecule has 0 saturated heterocycles. The number of benzene rings is 1. The number of carboxylic acids is 1. The summed E-state index contributed by atoms with van der Waals surface area (Å²) < 4.78 is 10.5. The average Bonchev–Trinajstić information content (AvgIpc) is 2.85. The van der Waals surface area contributed by atoms with Gasteiger partial charge in [-0.15, -0.1) is 0 Å². The van der Waals surface area contributed by atoms with Gasteiger partial charge in [0.05, 0.1) is 0 Å². The highest BCUT2D eigenvalue weighted by atomic mass is 16.7. The van der Waals surface area contributed by atoms with E-state index in [4.69, 9.17) is 14.6 Å². The molecule has 3 rings (SSSR count). The van der Waals surface area contributed by atoms with Gasteiger partial charge in [-0.3, -0.25) is 4.79 Å². The van der Waals surface area contributed by atoms with Crippen LogP contribution >= 0.6 is 0 Å². The van der Waals surface area contributed by atoms with Crippen LogP contribution in [0.5, 0.6) is 11.5 Å². The lowest BCUT2D eigenvalue weighted by atomic mass is 10.1. The molecule has 0 atom stereocenters. The zero-order chi connectivity index (χ0) is 14.1. The second-order valence-electron chi connectivity index (χ2n) is 4.25. The third-order valence-corrected chi connectivity index (χ3v) is 2.82. The van der Waals surface area contributed by atoms with E-state index in [1.165, 1.54) is 0 Å².